The fraction of sp³-hybridized carbons (Fsp3) is 0.286. The van der Waals surface area contributed by atoms with Crippen molar-refractivity contribution in [2.24, 2.45) is 7.05 Å². The minimum atomic E-state index is -0.458. The molecule has 8 nitrogen and oxygen atoms in total. The predicted molar refractivity (Wildman–Crippen MR) is 146 cm³/mol. The molecule has 0 aliphatic rings. The van der Waals surface area contributed by atoms with Crippen molar-refractivity contribution in [3.05, 3.63) is 71.7 Å². The molecule has 0 aliphatic carbocycles. The highest BCUT2D eigenvalue weighted by atomic mass is 35.5. The van der Waals surface area contributed by atoms with Crippen molar-refractivity contribution >= 4 is 29.3 Å². The Balaban J connectivity index is 0.00000380. The third-order valence-electron chi connectivity index (χ3n) is 6.03. The summed E-state index contributed by atoms with van der Waals surface area (Å²) in [4.78, 5) is 19.5. The van der Waals surface area contributed by atoms with Gasteiger partial charge in [0.25, 0.3) is 0 Å². The SMILES string of the molecule is CCOC(=O)c1c(COc2cccc(OC)c2)n(C)c2cc(-c3cccnc3)c(O)c(CN(C)C)c12.Cl. The van der Waals surface area contributed by atoms with E-state index in [9.17, 15) is 9.90 Å². The molecular formula is C28H32ClN3O5. The second-order valence-electron chi connectivity index (χ2n) is 8.69. The predicted octanol–water partition coefficient (Wildman–Crippen LogP) is 5.19. The summed E-state index contributed by atoms with van der Waals surface area (Å²) in [5.41, 5.74) is 3.89. The van der Waals surface area contributed by atoms with Gasteiger partial charge in [-0.2, -0.15) is 0 Å². The van der Waals surface area contributed by atoms with Crippen molar-refractivity contribution in [1.29, 1.82) is 0 Å². The van der Waals surface area contributed by atoms with E-state index in [1.54, 1.807) is 32.5 Å². The first-order chi connectivity index (χ1) is 17.3. The summed E-state index contributed by atoms with van der Waals surface area (Å²) in [5.74, 6) is 0.942. The molecule has 4 aromatic rings. The van der Waals surface area contributed by atoms with Gasteiger partial charge < -0.3 is 28.8 Å². The maximum Gasteiger partial charge on any atom is 0.340 e. The van der Waals surface area contributed by atoms with E-state index in [0.717, 1.165) is 11.1 Å². The summed E-state index contributed by atoms with van der Waals surface area (Å²) in [6.07, 6.45) is 3.40. The molecule has 0 radical (unpaired) electrons. The molecule has 0 saturated heterocycles. The number of aromatic hydroxyl groups is 1. The number of carbonyl (C=O) groups is 1. The number of hydrogen-bond acceptors (Lipinski definition) is 7. The lowest BCUT2D eigenvalue weighted by Gasteiger charge is -2.17. The first-order valence-corrected chi connectivity index (χ1v) is 11.7. The van der Waals surface area contributed by atoms with Crippen LogP contribution in [0, 0.1) is 0 Å². The van der Waals surface area contributed by atoms with Crippen LogP contribution in [0.2, 0.25) is 0 Å². The number of ether oxygens (including phenoxy) is 3. The van der Waals surface area contributed by atoms with Gasteiger partial charge in [-0.1, -0.05) is 12.1 Å². The number of fused-ring (bicyclic) bond motifs is 1. The number of phenolic OH excluding ortho intramolecular Hbond substituents is 1. The number of phenols is 1. The van der Waals surface area contributed by atoms with Gasteiger partial charge in [0.05, 0.1) is 30.5 Å². The molecule has 2 aromatic carbocycles. The van der Waals surface area contributed by atoms with Crippen molar-refractivity contribution in [2.75, 3.05) is 27.8 Å². The molecule has 196 valence electrons. The maximum atomic E-state index is 13.3. The quantitative estimate of drug-likeness (QED) is 0.301. The Morgan fingerprint density at radius 2 is 1.89 bits per heavy atom. The van der Waals surface area contributed by atoms with Gasteiger partial charge in [-0.15, -0.1) is 12.4 Å². The van der Waals surface area contributed by atoms with Gasteiger partial charge in [-0.3, -0.25) is 4.98 Å². The van der Waals surface area contributed by atoms with Crippen LogP contribution in [0.5, 0.6) is 17.2 Å². The van der Waals surface area contributed by atoms with Crippen LogP contribution in [-0.2, 0) is 24.9 Å². The van der Waals surface area contributed by atoms with Gasteiger partial charge in [0.15, 0.2) is 0 Å². The number of halogens is 1. The molecule has 9 heteroatoms. The molecule has 0 aliphatic heterocycles. The van der Waals surface area contributed by atoms with Crippen LogP contribution in [0.15, 0.2) is 54.9 Å². The van der Waals surface area contributed by atoms with Crippen LogP contribution < -0.4 is 9.47 Å². The van der Waals surface area contributed by atoms with Crippen molar-refractivity contribution in [3.8, 4) is 28.4 Å². The molecule has 0 unspecified atom stereocenters. The molecule has 0 atom stereocenters. The average molecular weight is 526 g/mol. The van der Waals surface area contributed by atoms with Crippen LogP contribution in [0.4, 0.5) is 0 Å². The van der Waals surface area contributed by atoms with E-state index in [-0.39, 0.29) is 31.4 Å². The van der Waals surface area contributed by atoms with Gasteiger partial charge in [-0.25, -0.2) is 4.79 Å². The van der Waals surface area contributed by atoms with Gasteiger partial charge >= 0.3 is 5.97 Å². The average Bonchev–Trinajstić information content (AvgIpc) is 3.16. The van der Waals surface area contributed by atoms with Crippen molar-refractivity contribution in [2.45, 2.75) is 20.1 Å². The summed E-state index contributed by atoms with van der Waals surface area (Å²) < 4.78 is 18.8. The fourth-order valence-corrected chi connectivity index (χ4v) is 4.36. The normalized spacial score (nSPS) is 10.9. The molecule has 0 amide bonds. The topological polar surface area (TPSA) is 86.0 Å². The zero-order valence-electron chi connectivity index (χ0n) is 21.6. The molecule has 4 rings (SSSR count). The summed E-state index contributed by atoms with van der Waals surface area (Å²) >= 11 is 0. The zero-order valence-corrected chi connectivity index (χ0v) is 22.5. The highest BCUT2D eigenvalue weighted by Gasteiger charge is 2.28. The van der Waals surface area contributed by atoms with E-state index in [1.165, 1.54) is 0 Å². The first-order valence-electron chi connectivity index (χ1n) is 11.7. The third-order valence-corrected chi connectivity index (χ3v) is 6.03. The van der Waals surface area contributed by atoms with Gasteiger partial charge in [-0.05, 0) is 45.3 Å². The summed E-state index contributed by atoms with van der Waals surface area (Å²) in [5, 5.41) is 12.1. The van der Waals surface area contributed by atoms with E-state index in [4.69, 9.17) is 14.2 Å². The molecule has 2 aromatic heterocycles. The number of pyridine rings is 1. The Hall–Kier alpha value is -3.75. The molecule has 2 heterocycles. The molecule has 0 fully saturated rings. The number of aryl methyl sites for hydroxylation is 1. The molecule has 37 heavy (non-hydrogen) atoms. The highest BCUT2D eigenvalue weighted by molar-refractivity contribution is 6.09. The number of aromatic nitrogens is 2. The fourth-order valence-electron chi connectivity index (χ4n) is 4.36. The smallest absolute Gasteiger partial charge is 0.340 e. The maximum absolute atomic E-state index is 13.3. The Labute approximate surface area is 222 Å². The molecular weight excluding hydrogens is 494 g/mol. The minimum absolute atomic E-state index is 0. The lowest BCUT2D eigenvalue weighted by atomic mass is 9.96. The van der Waals surface area contributed by atoms with E-state index in [1.807, 2.05) is 67.0 Å². The van der Waals surface area contributed by atoms with Crippen molar-refractivity contribution in [3.63, 3.8) is 0 Å². The lowest BCUT2D eigenvalue weighted by Crippen LogP contribution is -2.13. The molecule has 0 bridgehead atoms. The highest BCUT2D eigenvalue weighted by Crippen LogP contribution is 2.41. The van der Waals surface area contributed by atoms with Gasteiger partial charge in [0.1, 0.15) is 23.9 Å². The Kier molecular flexibility index (Phi) is 9.02. The minimum Gasteiger partial charge on any atom is -0.507 e. The number of hydrogen-bond donors (Lipinski definition) is 1. The Morgan fingerprint density at radius 3 is 2.54 bits per heavy atom. The van der Waals surface area contributed by atoms with E-state index in [2.05, 4.69) is 4.98 Å². The van der Waals surface area contributed by atoms with Crippen LogP contribution in [-0.4, -0.2) is 53.3 Å². The number of benzene rings is 2. The van der Waals surface area contributed by atoms with Crippen molar-refractivity contribution < 1.29 is 24.1 Å². The summed E-state index contributed by atoms with van der Waals surface area (Å²) in [6.45, 7) is 2.54. The number of rotatable bonds is 9. The third kappa shape index (κ3) is 5.65. The Morgan fingerprint density at radius 1 is 1.14 bits per heavy atom. The van der Waals surface area contributed by atoms with Gasteiger partial charge in [0, 0.05) is 54.1 Å². The molecule has 0 spiro atoms. The van der Waals surface area contributed by atoms with E-state index < -0.39 is 5.97 Å². The number of carbonyl (C=O) groups excluding carboxylic acids is 1. The van der Waals surface area contributed by atoms with Crippen LogP contribution in [0.3, 0.4) is 0 Å². The van der Waals surface area contributed by atoms with E-state index >= 15 is 0 Å². The monoisotopic (exact) mass is 525 g/mol. The number of nitrogens with zero attached hydrogens (tertiary/aromatic N) is 3. The summed E-state index contributed by atoms with van der Waals surface area (Å²) in [7, 11) is 7.32. The van der Waals surface area contributed by atoms with E-state index in [0.29, 0.717) is 45.8 Å². The molecule has 0 saturated carbocycles. The Bertz CT molecular complexity index is 1390. The van der Waals surface area contributed by atoms with Gasteiger partial charge in [0.2, 0.25) is 0 Å². The first kappa shape index (κ1) is 27.8. The van der Waals surface area contributed by atoms with Crippen LogP contribution >= 0.6 is 12.4 Å². The summed E-state index contributed by atoms with van der Waals surface area (Å²) in [6, 6.07) is 12.9. The van der Waals surface area contributed by atoms with Crippen molar-refractivity contribution in [1.82, 2.24) is 14.5 Å². The standard InChI is InChI=1S/C28H31N3O5.ClH/c1-6-35-28(33)26-24(17-36-20-11-7-10-19(13-20)34-5)31(4)23-14-21(18-9-8-12-29-15-18)27(32)22(25(23)26)16-30(2)3;/h7-15,32H,6,16-17H2,1-5H3;1H. The lowest BCUT2D eigenvalue weighted by molar-refractivity contribution is 0.0525. The zero-order chi connectivity index (χ0) is 25.8. The number of esters is 1. The molecule has 1 N–H and O–H groups in total. The second kappa shape index (κ2) is 12.0. The largest absolute Gasteiger partial charge is 0.507 e. The van der Waals surface area contributed by atoms with Crippen LogP contribution in [0.25, 0.3) is 22.0 Å². The van der Waals surface area contributed by atoms with Crippen LogP contribution in [0.1, 0.15) is 28.5 Å². The number of methoxy groups -OCH3 is 1. The second-order valence-corrected chi connectivity index (χ2v) is 8.69.